The highest BCUT2D eigenvalue weighted by atomic mass is 19.1. The Bertz CT molecular complexity index is 1440. The molecule has 3 aliphatic heterocycles. The fourth-order valence-corrected chi connectivity index (χ4v) is 9.29. The van der Waals surface area contributed by atoms with Gasteiger partial charge in [0.1, 0.15) is 23.5 Å². The molecule has 6 fully saturated rings. The summed E-state index contributed by atoms with van der Waals surface area (Å²) < 4.78 is 47.3. The number of nitrogens with zero attached hydrogens (tertiary/aromatic N) is 3. The minimum atomic E-state index is -1.22. The van der Waals surface area contributed by atoms with Gasteiger partial charge in [0.2, 0.25) is 5.91 Å². The number of carbonyl (C=O) groups excluding carboxylic acids is 2. The molecule has 7 rings (SSSR count). The third kappa shape index (κ3) is 7.36. The first-order valence-corrected chi connectivity index (χ1v) is 18.2. The lowest BCUT2D eigenvalue weighted by Gasteiger charge is -2.64. The van der Waals surface area contributed by atoms with E-state index in [4.69, 9.17) is 14.0 Å². The topological polar surface area (TPSA) is 104 Å². The Morgan fingerprint density at radius 2 is 1.92 bits per heavy atom. The molecular formula is C37H53BF2N4O5. The maximum absolute atomic E-state index is 14.5. The SMILES string of the molecule is CC1(F)CCN(C(C)(C)CCC(C#N)C(=O)N2CCC[C@H](OC(=O)N[C@@H](Cc3ccc(F)cc3)B3O[C@@H]4CC5CC(C5(C)C)[C@]4(C)O3)C2)C1. The number of hydrogen-bond donors (Lipinski definition) is 1. The summed E-state index contributed by atoms with van der Waals surface area (Å²) in [5.74, 6) is -1.08. The van der Waals surface area contributed by atoms with Gasteiger partial charge in [-0.05, 0) is 114 Å². The Balaban J connectivity index is 1.06. The van der Waals surface area contributed by atoms with Crippen molar-refractivity contribution >= 4 is 19.1 Å². The summed E-state index contributed by atoms with van der Waals surface area (Å²) in [6.07, 6.45) is 3.80. The van der Waals surface area contributed by atoms with Gasteiger partial charge in [0.25, 0.3) is 0 Å². The Hall–Kier alpha value is -2.75. The number of nitriles is 1. The predicted octanol–water partition coefficient (Wildman–Crippen LogP) is 5.85. The molecule has 0 aromatic heterocycles. The van der Waals surface area contributed by atoms with E-state index in [0.717, 1.165) is 18.4 Å². The molecule has 9 nitrogen and oxygen atoms in total. The number of hydrogen-bond acceptors (Lipinski definition) is 7. The van der Waals surface area contributed by atoms with Crippen molar-refractivity contribution in [2.45, 2.75) is 128 Å². The molecule has 1 aromatic rings. The standard InChI is InChI=1S/C37H53BF2N4O5/c1-34(2,44-17-15-36(5,40)23-44)14-13-25(21-41)32(45)43-16-7-8-28(22-43)47-33(46)42-31(18-24-9-11-27(39)12-10-24)38-48-30-20-26-19-29(35(26,3)4)37(30,6)49-38/h9-12,25-26,28-31H,7-8,13-20,22-23H2,1-6H3,(H,42,46)/t25?,26?,28-,29?,30+,31-,36?,37-/m0/s1. The predicted molar refractivity (Wildman–Crippen MR) is 181 cm³/mol. The van der Waals surface area contributed by atoms with Crippen molar-refractivity contribution in [1.82, 2.24) is 15.1 Å². The number of benzene rings is 1. The van der Waals surface area contributed by atoms with Crippen LogP contribution < -0.4 is 5.32 Å². The number of likely N-dealkylation sites (tertiary alicyclic amines) is 2. The number of ether oxygens (including phenoxy) is 1. The molecule has 49 heavy (non-hydrogen) atoms. The quantitative estimate of drug-likeness (QED) is 0.309. The molecule has 2 amide bonds. The summed E-state index contributed by atoms with van der Waals surface area (Å²) in [6, 6.07) is 8.38. The zero-order chi connectivity index (χ0) is 35.4. The van der Waals surface area contributed by atoms with Crippen LogP contribution in [-0.4, -0.2) is 90.1 Å². The summed E-state index contributed by atoms with van der Waals surface area (Å²) in [6.45, 7) is 14.1. The second-order valence-corrected chi connectivity index (χ2v) is 17.0. The van der Waals surface area contributed by atoms with Gasteiger partial charge >= 0.3 is 13.2 Å². The Morgan fingerprint density at radius 1 is 1.18 bits per heavy atom. The van der Waals surface area contributed by atoms with Crippen molar-refractivity contribution in [2.75, 3.05) is 26.2 Å². The summed E-state index contributed by atoms with van der Waals surface area (Å²) >= 11 is 0. The number of amides is 2. The van der Waals surface area contributed by atoms with Gasteiger partial charge in [-0.15, -0.1) is 0 Å². The van der Waals surface area contributed by atoms with Crippen LogP contribution in [0, 0.1) is 40.3 Å². The van der Waals surface area contributed by atoms with Crippen LogP contribution in [0.2, 0.25) is 0 Å². The first kappa shape index (κ1) is 36.1. The third-order valence-corrected chi connectivity index (χ3v) is 12.7. The molecule has 2 bridgehead atoms. The number of alkyl halides is 1. The number of piperidine rings is 1. The van der Waals surface area contributed by atoms with E-state index in [2.05, 4.69) is 37.1 Å². The van der Waals surface area contributed by atoms with Crippen LogP contribution in [0.15, 0.2) is 24.3 Å². The van der Waals surface area contributed by atoms with Crippen molar-refractivity contribution < 1.29 is 32.4 Å². The first-order chi connectivity index (χ1) is 23.0. The van der Waals surface area contributed by atoms with Crippen LogP contribution in [0.25, 0.3) is 0 Å². The third-order valence-electron chi connectivity index (χ3n) is 12.7. The van der Waals surface area contributed by atoms with Crippen molar-refractivity contribution in [3.8, 4) is 6.07 Å². The van der Waals surface area contributed by atoms with Gasteiger partial charge < -0.3 is 24.3 Å². The lowest BCUT2D eigenvalue weighted by atomic mass is 9.43. The number of alkyl carbamates (subject to hydrolysis) is 1. The van der Waals surface area contributed by atoms with E-state index in [1.807, 2.05) is 13.8 Å². The second-order valence-electron chi connectivity index (χ2n) is 17.0. The zero-order valence-electron chi connectivity index (χ0n) is 30.0. The van der Waals surface area contributed by atoms with E-state index in [1.54, 1.807) is 24.0 Å². The second kappa shape index (κ2) is 13.4. The maximum Gasteiger partial charge on any atom is 0.482 e. The van der Waals surface area contributed by atoms with E-state index < -0.39 is 42.4 Å². The van der Waals surface area contributed by atoms with Gasteiger partial charge in [-0.3, -0.25) is 9.69 Å². The molecule has 0 spiro atoms. The molecule has 3 saturated heterocycles. The molecule has 3 aliphatic carbocycles. The molecule has 8 atom stereocenters. The highest BCUT2D eigenvalue weighted by molar-refractivity contribution is 6.47. The number of halogens is 2. The summed E-state index contributed by atoms with van der Waals surface area (Å²) in [4.78, 5) is 30.7. The van der Waals surface area contributed by atoms with Gasteiger partial charge in [-0.2, -0.15) is 5.26 Å². The number of rotatable bonds is 10. The van der Waals surface area contributed by atoms with E-state index in [1.165, 1.54) is 12.1 Å². The van der Waals surface area contributed by atoms with Crippen LogP contribution >= 0.6 is 0 Å². The van der Waals surface area contributed by atoms with Crippen LogP contribution in [0.4, 0.5) is 13.6 Å². The van der Waals surface area contributed by atoms with Crippen molar-refractivity contribution in [3.05, 3.63) is 35.6 Å². The molecule has 268 valence electrons. The van der Waals surface area contributed by atoms with Crippen LogP contribution in [0.5, 0.6) is 0 Å². The molecule has 3 saturated carbocycles. The summed E-state index contributed by atoms with van der Waals surface area (Å²) in [5, 5.41) is 13.0. The van der Waals surface area contributed by atoms with E-state index >= 15 is 0 Å². The van der Waals surface area contributed by atoms with Crippen LogP contribution in [-0.2, 0) is 25.3 Å². The lowest BCUT2D eigenvalue weighted by Crippen LogP contribution is -2.65. The van der Waals surface area contributed by atoms with Gasteiger partial charge in [-0.1, -0.05) is 26.0 Å². The average molecular weight is 683 g/mol. The minimum Gasteiger partial charge on any atom is -0.444 e. The molecule has 4 unspecified atom stereocenters. The van der Waals surface area contributed by atoms with Gasteiger partial charge in [-0.25, -0.2) is 13.6 Å². The molecule has 12 heteroatoms. The highest BCUT2D eigenvalue weighted by Gasteiger charge is 2.68. The van der Waals surface area contributed by atoms with E-state index in [9.17, 15) is 23.6 Å². The Labute approximate surface area is 290 Å². The van der Waals surface area contributed by atoms with Gasteiger partial charge in [0, 0.05) is 25.2 Å². The first-order valence-electron chi connectivity index (χ1n) is 18.2. The van der Waals surface area contributed by atoms with Gasteiger partial charge in [0.05, 0.1) is 30.3 Å². The molecular weight excluding hydrogens is 629 g/mol. The van der Waals surface area contributed by atoms with Crippen LogP contribution in [0.3, 0.4) is 0 Å². The van der Waals surface area contributed by atoms with Crippen LogP contribution in [0.1, 0.15) is 92.1 Å². The van der Waals surface area contributed by atoms with Crippen molar-refractivity contribution in [2.24, 2.45) is 23.2 Å². The number of carbonyl (C=O) groups is 2. The normalized spacial score (nSPS) is 33.6. The molecule has 1 aromatic carbocycles. The summed E-state index contributed by atoms with van der Waals surface area (Å²) in [7, 11) is -0.702. The maximum atomic E-state index is 14.5. The largest absolute Gasteiger partial charge is 0.482 e. The summed E-state index contributed by atoms with van der Waals surface area (Å²) in [5.41, 5.74) is -1.03. The zero-order valence-corrected chi connectivity index (χ0v) is 30.0. The fraction of sp³-hybridized carbons (Fsp3) is 0.757. The molecule has 6 aliphatic rings. The molecule has 0 radical (unpaired) electrons. The Kier molecular flexibility index (Phi) is 9.88. The van der Waals surface area contributed by atoms with Crippen molar-refractivity contribution in [3.63, 3.8) is 0 Å². The molecule has 1 N–H and O–H groups in total. The molecule has 3 heterocycles. The highest BCUT2D eigenvalue weighted by Crippen LogP contribution is 2.65. The smallest absolute Gasteiger partial charge is 0.444 e. The number of nitrogens with one attached hydrogen (secondary N) is 1. The van der Waals surface area contributed by atoms with Crippen molar-refractivity contribution in [1.29, 1.82) is 5.26 Å². The monoisotopic (exact) mass is 682 g/mol. The Morgan fingerprint density at radius 3 is 2.57 bits per heavy atom. The van der Waals surface area contributed by atoms with Gasteiger partial charge in [0.15, 0.2) is 0 Å². The van der Waals surface area contributed by atoms with E-state index in [-0.39, 0.29) is 35.3 Å². The average Bonchev–Trinajstić information content (AvgIpc) is 3.61. The lowest BCUT2D eigenvalue weighted by molar-refractivity contribution is -0.199. The fourth-order valence-electron chi connectivity index (χ4n) is 9.29. The van der Waals surface area contributed by atoms with E-state index in [0.29, 0.717) is 70.0 Å². The minimum absolute atomic E-state index is 0.0707.